The molecule has 2 N–H and O–H groups in total. The number of carbonyl (C=O) groups is 1. The fourth-order valence-corrected chi connectivity index (χ4v) is 3.03. The third-order valence-corrected chi connectivity index (χ3v) is 4.90. The summed E-state index contributed by atoms with van der Waals surface area (Å²) >= 11 is 0. The number of ether oxygens (including phenoxy) is 1. The van der Waals surface area contributed by atoms with Gasteiger partial charge in [0.2, 0.25) is 0 Å². The number of hydrogen-bond acceptors (Lipinski definition) is 3. The molecule has 2 aromatic carbocycles. The van der Waals surface area contributed by atoms with E-state index in [1.165, 1.54) is 5.56 Å². The minimum Gasteiger partial charge on any atom is -0.507 e. The Bertz CT molecular complexity index is 872. The second-order valence-electron chi connectivity index (χ2n) is 9.64. The van der Waals surface area contributed by atoms with Crippen LogP contribution in [0.1, 0.15) is 70.2 Å². The molecule has 2 aromatic rings. The largest absolute Gasteiger partial charge is 0.507 e. The van der Waals surface area contributed by atoms with Crippen molar-refractivity contribution in [2.24, 2.45) is 0 Å². The normalized spacial score (nSPS) is 12.2. The summed E-state index contributed by atoms with van der Waals surface area (Å²) in [6.45, 7) is 13.5. The number of aromatic hydroxyl groups is 1. The molecule has 0 saturated heterocycles. The van der Waals surface area contributed by atoms with Crippen LogP contribution < -0.4 is 5.32 Å². The maximum Gasteiger partial charge on any atom is 0.407 e. The number of phenolic OH excluding ortho intramolecular Hbond substituents is 1. The molecule has 0 atom stereocenters. The first-order valence-corrected chi connectivity index (χ1v) is 10.5. The highest BCUT2D eigenvalue weighted by atomic mass is 16.5. The van der Waals surface area contributed by atoms with Crippen LogP contribution in [0.15, 0.2) is 48.5 Å². The van der Waals surface area contributed by atoms with Crippen LogP contribution in [0.2, 0.25) is 0 Å². The van der Waals surface area contributed by atoms with E-state index in [9.17, 15) is 9.90 Å². The van der Waals surface area contributed by atoms with E-state index in [1.54, 1.807) is 0 Å². The lowest BCUT2D eigenvalue weighted by Gasteiger charge is -2.27. The number of phenols is 1. The summed E-state index contributed by atoms with van der Waals surface area (Å²) in [6, 6.07) is 13.7. The van der Waals surface area contributed by atoms with E-state index >= 15 is 0 Å². The van der Waals surface area contributed by atoms with Crippen LogP contribution in [0.5, 0.6) is 5.75 Å². The van der Waals surface area contributed by atoms with E-state index in [4.69, 9.17) is 4.74 Å². The van der Waals surface area contributed by atoms with Crippen molar-refractivity contribution in [2.45, 2.75) is 65.4 Å². The summed E-state index contributed by atoms with van der Waals surface area (Å²) in [6.07, 6.45) is 4.10. The lowest BCUT2D eigenvalue weighted by Crippen LogP contribution is -2.24. The Hall–Kier alpha value is -2.75. The van der Waals surface area contributed by atoms with Crippen LogP contribution in [0.25, 0.3) is 6.08 Å². The molecule has 0 aliphatic carbocycles. The fourth-order valence-electron chi connectivity index (χ4n) is 3.03. The van der Waals surface area contributed by atoms with Crippen LogP contribution in [0, 0.1) is 0 Å². The topological polar surface area (TPSA) is 58.6 Å². The summed E-state index contributed by atoms with van der Waals surface area (Å²) in [7, 11) is 0. The number of carbonyl (C=O) groups excluding carboxylic acids is 1. The van der Waals surface area contributed by atoms with E-state index in [1.807, 2.05) is 48.6 Å². The molecule has 30 heavy (non-hydrogen) atoms. The molecule has 0 heterocycles. The fraction of sp³-hybridized carbons (Fsp3) is 0.423. The van der Waals surface area contributed by atoms with Gasteiger partial charge in [0.15, 0.2) is 0 Å². The highest BCUT2D eigenvalue weighted by molar-refractivity contribution is 5.67. The number of alkyl carbamates (subject to hydrolysis) is 1. The average molecular weight is 410 g/mol. The molecule has 0 aliphatic rings. The standard InChI is InChI=1S/C26H35NO3/c1-25(2,3)21-16-20(23(28)22(17-21)26(4,5)6)14-10-11-15-27-24(29)30-18-19-12-8-7-9-13-19/h7-10,12-14,16-17,28H,11,15,18H2,1-6H3,(H,27,29). The van der Waals surface area contributed by atoms with E-state index in [-0.39, 0.29) is 17.4 Å². The Labute approximate surface area is 181 Å². The van der Waals surface area contributed by atoms with Crippen molar-refractivity contribution in [3.63, 3.8) is 0 Å². The summed E-state index contributed by atoms with van der Waals surface area (Å²) in [5, 5.41) is 13.5. The van der Waals surface area contributed by atoms with Crippen molar-refractivity contribution in [1.82, 2.24) is 5.32 Å². The maximum absolute atomic E-state index is 11.8. The van der Waals surface area contributed by atoms with Crippen molar-refractivity contribution in [3.8, 4) is 5.75 Å². The van der Waals surface area contributed by atoms with Gasteiger partial charge < -0.3 is 15.2 Å². The Morgan fingerprint density at radius 2 is 1.70 bits per heavy atom. The van der Waals surface area contributed by atoms with Gasteiger partial charge in [-0.1, -0.05) is 90.1 Å². The number of rotatable bonds is 6. The van der Waals surface area contributed by atoms with Crippen molar-refractivity contribution in [2.75, 3.05) is 6.54 Å². The molecule has 0 saturated carbocycles. The van der Waals surface area contributed by atoms with E-state index in [0.29, 0.717) is 18.7 Å². The summed E-state index contributed by atoms with van der Waals surface area (Å²) in [4.78, 5) is 11.8. The lowest BCUT2D eigenvalue weighted by molar-refractivity contribution is 0.140. The predicted octanol–water partition coefficient (Wildman–Crippen LogP) is 6.32. The van der Waals surface area contributed by atoms with E-state index in [2.05, 4.69) is 52.9 Å². The zero-order valence-corrected chi connectivity index (χ0v) is 19.1. The quantitative estimate of drug-likeness (QED) is 0.549. The van der Waals surface area contributed by atoms with Crippen LogP contribution in [0.3, 0.4) is 0 Å². The molecule has 0 aromatic heterocycles. The summed E-state index contributed by atoms with van der Waals surface area (Å²) in [5.41, 5.74) is 3.72. The zero-order chi connectivity index (χ0) is 22.4. The zero-order valence-electron chi connectivity index (χ0n) is 19.1. The Balaban J connectivity index is 1.96. The molecule has 0 spiro atoms. The molecule has 162 valence electrons. The van der Waals surface area contributed by atoms with Crippen molar-refractivity contribution in [1.29, 1.82) is 0 Å². The Kier molecular flexibility index (Phi) is 7.71. The van der Waals surface area contributed by atoms with Gasteiger partial charge in [0.1, 0.15) is 12.4 Å². The highest BCUT2D eigenvalue weighted by Crippen LogP contribution is 2.38. The summed E-state index contributed by atoms with van der Waals surface area (Å²) in [5.74, 6) is 0.321. The third-order valence-electron chi connectivity index (χ3n) is 4.90. The van der Waals surface area contributed by atoms with Gasteiger partial charge in [0, 0.05) is 17.7 Å². The van der Waals surface area contributed by atoms with Gasteiger partial charge in [-0.25, -0.2) is 4.79 Å². The van der Waals surface area contributed by atoms with Crippen molar-refractivity contribution >= 4 is 12.2 Å². The van der Waals surface area contributed by atoms with Crippen LogP contribution >= 0.6 is 0 Å². The minimum atomic E-state index is -0.431. The average Bonchev–Trinajstić information content (AvgIpc) is 2.66. The molecule has 0 radical (unpaired) electrons. The van der Waals surface area contributed by atoms with Gasteiger partial charge in [-0.05, 0) is 34.4 Å². The Morgan fingerprint density at radius 3 is 2.30 bits per heavy atom. The van der Waals surface area contributed by atoms with Crippen molar-refractivity contribution < 1.29 is 14.6 Å². The van der Waals surface area contributed by atoms with Gasteiger partial charge in [0.05, 0.1) is 0 Å². The molecule has 0 aliphatic heterocycles. The van der Waals surface area contributed by atoms with E-state index in [0.717, 1.165) is 16.7 Å². The molecule has 4 nitrogen and oxygen atoms in total. The number of hydrogen-bond donors (Lipinski definition) is 2. The van der Waals surface area contributed by atoms with Gasteiger partial charge in [-0.15, -0.1) is 0 Å². The highest BCUT2D eigenvalue weighted by Gasteiger charge is 2.24. The van der Waals surface area contributed by atoms with Gasteiger partial charge >= 0.3 is 6.09 Å². The smallest absolute Gasteiger partial charge is 0.407 e. The van der Waals surface area contributed by atoms with Crippen molar-refractivity contribution in [3.05, 3.63) is 70.8 Å². The minimum absolute atomic E-state index is 0.0135. The molecular formula is C26H35NO3. The molecule has 4 heteroatoms. The number of benzene rings is 2. The predicted molar refractivity (Wildman–Crippen MR) is 124 cm³/mol. The lowest BCUT2D eigenvalue weighted by atomic mass is 9.79. The van der Waals surface area contributed by atoms with Gasteiger partial charge in [0.25, 0.3) is 0 Å². The first kappa shape index (κ1) is 23.5. The third kappa shape index (κ3) is 6.94. The maximum atomic E-state index is 11.8. The number of amides is 1. The number of nitrogens with one attached hydrogen (secondary N) is 1. The Morgan fingerprint density at radius 1 is 1.03 bits per heavy atom. The van der Waals surface area contributed by atoms with Gasteiger partial charge in [-0.2, -0.15) is 0 Å². The second-order valence-corrected chi connectivity index (χ2v) is 9.64. The molecule has 0 fully saturated rings. The first-order valence-electron chi connectivity index (χ1n) is 10.5. The van der Waals surface area contributed by atoms with Crippen LogP contribution in [-0.4, -0.2) is 17.7 Å². The van der Waals surface area contributed by atoms with Crippen LogP contribution in [-0.2, 0) is 22.2 Å². The molecule has 2 rings (SSSR count). The molecule has 0 unspecified atom stereocenters. The molecular weight excluding hydrogens is 374 g/mol. The monoisotopic (exact) mass is 409 g/mol. The van der Waals surface area contributed by atoms with Gasteiger partial charge in [-0.3, -0.25) is 0 Å². The molecule has 0 bridgehead atoms. The first-order chi connectivity index (χ1) is 14.0. The second kappa shape index (κ2) is 9.84. The van der Waals surface area contributed by atoms with Crippen LogP contribution in [0.4, 0.5) is 4.79 Å². The summed E-state index contributed by atoms with van der Waals surface area (Å²) < 4.78 is 5.20. The SMILES string of the molecule is CC(C)(C)c1cc(C=CCCNC(=O)OCc2ccccc2)c(O)c(C(C)(C)C)c1. The molecule has 1 amide bonds. The van der Waals surface area contributed by atoms with E-state index < -0.39 is 6.09 Å².